The maximum atomic E-state index is 13.8. The van der Waals surface area contributed by atoms with Gasteiger partial charge in [0.25, 0.3) is 0 Å². The molecule has 1 aromatic rings. The normalized spacial score (nSPS) is 15.8. The molecule has 0 aliphatic carbocycles. The predicted octanol–water partition coefficient (Wildman–Crippen LogP) is 1.62. The molecule has 2 N–H and O–H groups in total. The summed E-state index contributed by atoms with van der Waals surface area (Å²) >= 11 is 0. The summed E-state index contributed by atoms with van der Waals surface area (Å²) in [6.45, 7) is 10.6. The summed E-state index contributed by atoms with van der Waals surface area (Å²) < 4.78 is 26.8. The van der Waals surface area contributed by atoms with Gasteiger partial charge in [-0.1, -0.05) is 6.07 Å². The first-order chi connectivity index (χ1) is 13.4. The molecule has 1 fully saturated rings. The zero-order valence-electron chi connectivity index (χ0n) is 17.0. The number of rotatable bonds is 7. The Labute approximate surface area is 166 Å². The van der Waals surface area contributed by atoms with Gasteiger partial charge in [0.1, 0.15) is 11.6 Å². The van der Waals surface area contributed by atoms with Gasteiger partial charge >= 0.3 is 0 Å². The largest absolute Gasteiger partial charge is 0.357 e. The molecule has 0 unspecified atom stereocenters. The van der Waals surface area contributed by atoms with E-state index in [2.05, 4.69) is 25.4 Å². The highest BCUT2D eigenvalue weighted by molar-refractivity contribution is 5.80. The molecule has 1 aliphatic heterocycles. The van der Waals surface area contributed by atoms with Crippen molar-refractivity contribution in [3.63, 3.8) is 0 Å². The van der Waals surface area contributed by atoms with Crippen LogP contribution in [-0.4, -0.2) is 73.5 Å². The van der Waals surface area contributed by atoms with Gasteiger partial charge in [-0.05, 0) is 38.8 Å². The van der Waals surface area contributed by atoms with Crippen LogP contribution in [0.5, 0.6) is 0 Å². The molecule has 0 spiro atoms. The summed E-state index contributed by atoms with van der Waals surface area (Å²) in [5.74, 6) is -0.270. The second-order valence-electron chi connectivity index (χ2n) is 7.21. The lowest BCUT2D eigenvalue weighted by Gasteiger charge is -2.36. The maximum absolute atomic E-state index is 13.8. The molecule has 0 atom stereocenters. The first kappa shape index (κ1) is 22.1. The van der Waals surface area contributed by atoms with Crippen LogP contribution in [0.3, 0.4) is 0 Å². The highest BCUT2D eigenvalue weighted by atomic mass is 19.1. The van der Waals surface area contributed by atoms with Crippen molar-refractivity contribution in [3.05, 3.63) is 35.4 Å². The third-order valence-electron chi connectivity index (χ3n) is 4.48. The fourth-order valence-corrected chi connectivity index (χ4v) is 3.12. The SMILES string of the molecule is CCNC(=NCCc1ccc(F)cc1F)N1CCN(CC(=O)NC(C)C)CC1. The Bertz CT molecular complexity index is 673. The molecule has 0 radical (unpaired) electrons. The van der Waals surface area contributed by atoms with Crippen LogP contribution in [-0.2, 0) is 11.2 Å². The Morgan fingerprint density at radius 1 is 1.21 bits per heavy atom. The fourth-order valence-electron chi connectivity index (χ4n) is 3.12. The van der Waals surface area contributed by atoms with Crippen LogP contribution in [0, 0.1) is 11.6 Å². The van der Waals surface area contributed by atoms with Gasteiger partial charge in [-0.15, -0.1) is 0 Å². The van der Waals surface area contributed by atoms with Gasteiger partial charge in [0.2, 0.25) is 5.91 Å². The molecule has 156 valence electrons. The quantitative estimate of drug-likeness (QED) is 0.544. The summed E-state index contributed by atoms with van der Waals surface area (Å²) in [7, 11) is 0. The lowest BCUT2D eigenvalue weighted by molar-refractivity contribution is -0.123. The number of nitrogens with one attached hydrogen (secondary N) is 2. The van der Waals surface area contributed by atoms with E-state index in [9.17, 15) is 13.6 Å². The Balaban J connectivity index is 1.86. The number of amides is 1. The number of nitrogens with zero attached hydrogens (tertiary/aromatic N) is 3. The molecule has 8 heteroatoms. The third-order valence-corrected chi connectivity index (χ3v) is 4.48. The van der Waals surface area contributed by atoms with E-state index in [1.165, 1.54) is 12.1 Å². The van der Waals surface area contributed by atoms with Crippen LogP contribution >= 0.6 is 0 Å². The fraction of sp³-hybridized carbons (Fsp3) is 0.600. The molecule has 0 saturated carbocycles. The highest BCUT2D eigenvalue weighted by Crippen LogP contribution is 2.10. The van der Waals surface area contributed by atoms with Crippen LogP contribution < -0.4 is 10.6 Å². The standard InChI is InChI=1S/C20H31F2N5O/c1-4-23-20(24-8-7-16-5-6-17(21)13-18(16)22)27-11-9-26(10-12-27)14-19(28)25-15(2)3/h5-6,13,15H,4,7-12,14H2,1-3H3,(H,23,24)(H,25,28). The van der Waals surface area contributed by atoms with Crippen molar-refractivity contribution in [2.24, 2.45) is 4.99 Å². The zero-order chi connectivity index (χ0) is 20.5. The monoisotopic (exact) mass is 395 g/mol. The molecule has 2 rings (SSSR count). The average molecular weight is 395 g/mol. The molecule has 1 heterocycles. The van der Waals surface area contributed by atoms with Crippen LogP contribution in [0.25, 0.3) is 0 Å². The lowest BCUT2D eigenvalue weighted by Crippen LogP contribution is -2.54. The van der Waals surface area contributed by atoms with E-state index in [1.807, 2.05) is 20.8 Å². The van der Waals surface area contributed by atoms with Crippen LogP contribution in [0.4, 0.5) is 8.78 Å². The minimum Gasteiger partial charge on any atom is -0.357 e. The molecule has 28 heavy (non-hydrogen) atoms. The van der Waals surface area contributed by atoms with Gasteiger partial charge < -0.3 is 15.5 Å². The maximum Gasteiger partial charge on any atom is 0.234 e. The summed E-state index contributed by atoms with van der Waals surface area (Å²) in [5, 5.41) is 6.18. The van der Waals surface area contributed by atoms with E-state index in [-0.39, 0.29) is 11.9 Å². The van der Waals surface area contributed by atoms with E-state index in [0.717, 1.165) is 44.7 Å². The van der Waals surface area contributed by atoms with Crippen LogP contribution in [0.2, 0.25) is 0 Å². The molecule has 1 saturated heterocycles. The van der Waals surface area contributed by atoms with Crippen molar-refractivity contribution in [2.45, 2.75) is 33.2 Å². The predicted molar refractivity (Wildman–Crippen MR) is 107 cm³/mol. The molecule has 6 nitrogen and oxygen atoms in total. The first-order valence-corrected chi connectivity index (χ1v) is 9.88. The van der Waals surface area contributed by atoms with Gasteiger partial charge in [0, 0.05) is 51.4 Å². The number of piperazine rings is 1. The minimum absolute atomic E-state index is 0.0466. The minimum atomic E-state index is -0.571. The Morgan fingerprint density at radius 3 is 2.54 bits per heavy atom. The number of halogens is 2. The van der Waals surface area contributed by atoms with Crippen molar-refractivity contribution in [1.29, 1.82) is 0 Å². The number of carbonyl (C=O) groups excluding carboxylic acids is 1. The average Bonchev–Trinajstić information content (AvgIpc) is 2.62. The summed E-state index contributed by atoms with van der Waals surface area (Å²) in [6.07, 6.45) is 0.413. The number of benzene rings is 1. The van der Waals surface area contributed by atoms with Crippen molar-refractivity contribution in [2.75, 3.05) is 45.8 Å². The van der Waals surface area contributed by atoms with Crippen molar-refractivity contribution >= 4 is 11.9 Å². The van der Waals surface area contributed by atoms with E-state index < -0.39 is 11.6 Å². The number of hydrogen-bond acceptors (Lipinski definition) is 3. The van der Waals surface area contributed by atoms with Crippen molar-refractivity contribution < 1.29 is 13.6 Å². The number of aliphatic imine (C=N–C) groups is 1. The Morgan fingerprint density at radius 2 is 1.93 bits per heavy atom. The Kier molecular flexibility index (Phi) is 8.63. The lowest BCUT2D eigenvalue weighted by atomic mass is 10.1. The van der Waals surface area contributed by atoms with E-state index in [4.69, 9.17) is 0 Å². The number of hydrogen-bond donors (Lipinski definition) is 2. The number of carbonyl (C=O) groups is 1. The summed E-state index contributed by atoms with van der Waals surface area (Å²) in [4.78, 5) is 20.8. The molecular formula is C20H31F2N5O. The summed E-state index contributed by atoms with van der Waals surface area (Å²) in [5.41, 5.74) is 0.460. The molecule has 0 bridgehead atoms. The second kappa shape index (κ2) is 10.9. The second-order valence-corrected chi connectivity index (χ2v) is 7.21. The van der Waals surface area contributed by atoms with Crippen molar-refractivity contribution in [1.82, 2.24) is 20.4 Å². The first-order valence-electron chi connectivity index (χ1n) is 9.88. The third kappa shape index (κ3) is 7.07. The van der Waals surface area contributed by atoms with E-state index in [0.29, 0.717) is 25.1 Å². The zero-order valence-corrected chi connectivity index (χ0v) is 17.0. The van der Waals surface area contributed by atoms with Crippen molar-refractivity contribution in [3.8, 4) is 0 Å². The van der Waals surface area contributed by atoms with Gasteiger partial charge in [0.05, 0.1) is 6.54 Å². The topological polar surface area (TPSA) is 60.0 Å². The smallest absolute Gasteiger partial charge is 0.234 e. The highest BCUT2D eigenvalue weighted by Gasteiger charge is 2.21. The van der Waals surface area contributed by atoms with Crippen LogP contribution in [0.15, 0.2) is 23.2 Å². The van der Waals surface area contributed by atoms with E-state index >= 15 is 0 Å². The number of guanidine groups is 1. The van der Waals surface area contributed by atoms with E-state index in [1.54, 1.807) is 0 Å². The van der Waals surface area contributed by atoms with Gasteiger partial charge in [-0.3, -0.25) is 14.7 Å². The van der Waals surface area contributed by atoms with Gasteiger partial charge in [-0.25, -0.2) is 8.78 Å². The molecule has 1 amide bonds. The molecule has 1 aromatic carbocycles. The molecule has 1 aliphatic rings. The molecule has 0 aromatic heterocycles. The summed E-state index contributed by atoms with van der Waals surface area (Å²) in [6, 6.07) is 3.78. The van der Waals surface area contributed by atoms with Gasteiger partial charge in [-0.2, -0.15) is 0 Å². The van der Waals surface area contributed by atoms with Crippen LogP contribution in [0.1, 0.15) is 26.3 Å². The molecular weight excluding hydrogens is 364 g/mol. The van der Waals surface area contributed by atoms with Gasteiger partial charge in [0.15, 0.2) is 5.96 Å². The Hall–Kier alpha value is -2.22.